The van der Waals surface area contributed by atoms with Gasteiger partial charge in [-0.3, -0.25) is 9.59 Å². The van der Waals surface area contributed by atoms with Crippen molar-refractivity contribution in [1.29, 1.82) is 0 Å². The van der Waals surface area contributed by atoms with Crippen molar-refractivity contribution in [2.75, 3.05) is 36.8 Å². The van der Waals surface area contributed by atoms with Crippen LogP contribution in [0.5, 0.6) is 0 Å². The minimum atomic E-state index is -0.134. The molecule has 1 aliphatic heterocycles. The van der Waals surface area contributed by atoms with E-state index in [2.05, 4.69) is 10.6 Å². The maximum Gasteiger partial charge on any atom is 0.251 e. The third-order valence-electron chi connectivity index (χ3n) is 3.01. The van der Waals surface area contributed by atoms with Crippen molar-refractivity contribution in [3.63, 3.8) is 0 Å². The standard InChI is InChI=1S/C13H18N4O2/c1-2-15-13(19)9-3-4-10(14)11(7-9)17-6-5-16-12(18)8-17/h3-4,7H,2,5-6,8,14H2,1H3,(H,15,19)(H,16,18). The highest BCUT2D eigenvalue weighted by atomic mass is 16.2. The number of hydrogen-bond donors (Lipinski definition) is 3. The molecule has 0 radical (unpaired) electrons. The van der Waals surface area contributed by atoms with E-state index in [4.69, 9.17) is 5.73 Å². The lowest BCUT2D eigenvalue weighted by Crippen LogP contribution is -2.48. The fourth-order valence-corrected chi connectivity index (χ4v) is 2.07. The Balaban J connectivity index is 2.26. The number of carbonyl (C=O) groups is 2. The maximum absolute atomic E-state index is 11.8. The van der Waals surface area contributed by atoms with Crippen molar-refractivity contribution in [2.45, 2.75) is 6.92 Å². The maximum atomic E-state index is 11.8. The molecule has 4 N–H and O–H groups in total. The minimum Gasteiger partial charge on any atom is -0.397 e. The summed E-state index contributed by atoms with van der Waals surface area (Å²) in [5.74, 6) is -0.167. The number of rotatable bonds is 3. The zero-order valence-corrected chi connectivity index (χ0v) is 10.9. The molecule has 0 saturated carbocycles. The SMILES string of the molecule is CCNC(=O)c1ccc(N)c(N2CCNC(=O)C2)c1. The van der Waals surface area contributed by atoms with Gasteiger partial charge in [-0.05, 0) is 25.1 Å². The Morgan fingerprint density at radius 1 is 1.53 bits per heavy atom. The third kappa shape index (κ3) is 2.96. The molecule has 19 heavy (non-hydrogen) atoms. The van der Waals surface area contributed by atoms with Crippen LogP contribution in [-0.4, -0.2) is 38.0 Å². The molecule has 1 fully saturated rings. The van der Waals surface area contributed by atoms with Crippen molar-refractivity contribution in [3.05, 3.63) is 23.8 Å². The lowest BCUT2D eigenvalue weighted by Gasteiger charge is -2.29. The summed E-state index contributed by atoms with van der Waals surface area (Å²) < 4.78 is 0. The summed E-state index contributed by atoms with van der Waals surface area (Å²) in [6, 6.07) is 5.12. The van der Waals surface area contributed by atoms with Crippen LogP contribution >= 0.6 is 0 Å². The quantitative estimate of drug-likeness (QED) is 0.667. The van der Waals surface area contributed by atoms with Crippen LogP contribution in [0.15, 0.2) is 18.2 Å². The van der Waals surface area contributed by atoms with Crippen molar-refractivity contribution >= 4 is 23.2 Å². The Hall–Kier alpha value is -2.24. The molecule has 0 aliphatic carbocycles. The number of piperazine rings is 1. The van der Waals surface area contributed by atoms with Crippen molar-refractivity contribution < 1.29 is 9.59 Å². The second kappa shape index (κ2) is 5.60. The van der Waals surface area contributed by atoms with Gasteiger partial charge in [0, 0.05) is 25.2 Å². The molecule has 1 heterocycles. The highest BCUT2D eigenvalue weighted by Gasteiger charge is 2.19. The fraction of sp³-hybridized carbons (Fsp3) is 0.385. The number of nitrogens with one attached hydrogen (secondary N) is 2. The Morgan fingerprint density at radius 3 is 3.00 bits per heavy atom. The van der Waals surface area contributed by atoms with E-state index in [1.165, 1.54) is 0 Å². The molecule has 1 aromatic carbocycles. The zero-order chi connectivity index (χ0) is 13.8. The summed E-state index contributed by atoms with van der Waals surface area (Å²) in [7, 11) is 0. The number of nitrogen functional groups attached to an aromatic ring is 1. The largest absolute Gasteiger partial charge is 0.397 e. The number of hydrogen-bond acceptors (Lipinski definition) is 4. The van der Waals surface area contributed by atoms with Crippen molar-refractivity contribution in [3.8, 4) is 0 Å². The predicted octanol–water partition coefficient (Wildman–Crippen LogP) is -0.0453. The van der Waals surface area contributed by atoms with Gasteiger partial charge in [0.1, 0.15) is 0 Å². The van der Waals surface area contributed by atoms with E-state index in [1.807, 2.05) is 11.8 Å². The number of benzene rings is 1. The molecule has 0 spiro atoms. The Morgan fingerprint density at radius 2 is 2.32 bits per heavy atom. The summed E-state index contributed by atoms with van der Waals surface area (Å²) in [5, 5.41) is 5.50. The number of nitrogens with zero attached hydrogens (tertiary/aromatic N) is 1. The van der Waals surface area contributed by atoms with Gasteiger partial charge in [0.25, 0.3) is 5.91 Å². The minimum absolute atomic E-state index is 0.0333. The van der Waals surface area contributed by atoms with Gasteiger partial charge >= 0.3 is 0 Å². The average Bonchev–Trinajstić information content (AvgIpc) is 2.39. The molecule has 0 bridgehead atoms. The highest BCUT2D eigenvalue weighted by Crippen LogP contribution is 2.25. The fourth-order valence-electron chi connectivity index (χ4n) is 2.07. The lowest BCUT2D eigenvalue weighted by atomic mass is 10.1. The molecule has 0 atom stereocenters. The van der Waals surface area contributed by atoms with Crippen LogP contribution in [0.4, 0.5) is 11.4 Å². The molecule has 102 valence electrons. The Bertz CT molecular complexity index is 501. The molecule has 1 aliphatic rings. The van der Waals surface area contributed by atoms with Crippen molar-refractivity contribution in [1.82, 2.24) is 10.6 Å². The van der Waals surface area contributed by atoms with E-state index in [1.54, 1.807) is 18.2 Å². The predicted molar refractivity (Wildman–Crippen MR) is 74.1 cm³/mol. The van der Waals surface area contributed by atoms with E-state index >= 15 is 0 Å². The second-order valence-electron chi connectivity index (χ2n) is 4.40. The van der Waals surface area contributed by atoms with Gasteiger partial charge in [-0.25, -0.2) is 0 Å². The summed E-state index contributed by atoms with van der Waals surface area (Å²) in [5.41, 5.74) is 7.79. The smallest absolute Gasteiger partial charge is 0.251 e. The van der Waals surface area contributed by atoms with Gasteiger partial charge in [-0.15, -0.1) is 0 Å². The number of anilines is 2. The zero-order valence-electron chi connectivity index (χ0n) is 10.9. The van der Waals surface area contributed by atoms with Crippen LogP contribution in [0.3, 0.4) is 0 Å². The monoisotopic (exact) mass is 262 g/mol. The van der Waals surface area contributed by atoms with Gasteiger partial charge in [-0.2, -0.15) is 0 Å². The Kier molecular flexibility index (Phi) is 3.89. The van der Waals surface area contributed by atoms with Crippen molar-refractivity contribution in [2.24, 2.45) is 0 Å². The molecular formula is C13H18N4O2. The lowest BCUT2D eigenvalue weighted by molar-refractivity contribution is -0.120. The molecular weight excluding hydrogens is 244 g/mol. The molecule has 1 aromatic rings. The topological polar surface area (TPSA) is 87.5 Å². The van der Waals surface area contributed by atoms with Gasteiger partial charge in [0.15, 0.2) is 0 Å². The Labute approximate surface area is 112 Å². The van der Waals surface area contributed by atoms with E-state index in [-0.39, 0.29) is 18.4 Å². The van der Waals surface area contributed by atoms with Crippen LogP contribution in [0.25, 0.3) is 0 Å². The van der Waals surface area contributed by atoms with Gasteiger partial charge in [-0.1, -0.05) is 0 Å². The summed E-state index contributed by atoms with van der Waals surface area (Å²) in [4.78, 5) is 25.1. The first-order valence-electron chi connectivity index (χ1n) is 6.31. The molecule has 2 rings (SSSR count). The number of carbonyl (C=O) groups excluding carboxylic acids is 2. The molecule has 1 saturated heterocycles. The van der Waals surface area contributed by atoms with Crippen LogP contribution in [-0.2, 0) is 4.79 Å². The van der Waals surface area contributed by atoms with Crippen LogP contribution < -0.4 is 21.3 Å². The molecule has 0 aromatic heterocycles. The molecule has 2 amide bonds. The number of nitrogens with two attached hydrogens (primary N) is 1. The second-order valence-corrected chi connectivity index (χ2v) is 4.40. The first-order valence-corrected chi connectivity index (χ1v) is 6.31. The normalized spacial score (nSPS) is 15.0. The number of amides is 2. The first-order chi connectivity index (χ1) is 9.11. The van der Waals surface area contributed by atoms with Crippen LogP contribution in [0.2, 0.25) is 0 Å². The van der Waals surface area contributed by atoms with Gasteiger partial charge in [0.05, 0.1) is 17.9 Å². The highest BCUT2D eigenvalue weighted by molar-refractivity contribution is 5.96. The molecule has 6 heteroatoms. The molecule has 6 nitrogen and oxygen atoms in total. The summed E-state index contributed by atoms with van der Waals surface area (Å²) in [6.45, 7) is 3.98. The summed E-state index contributed by atoms with van der Waals surface area (Å²) in [6.07, 6.45) is 0. The summed E-state index contributed by atoms with van der Waals surface area (Å²) >= 11 is 0. The molecule has 0 unspecified atom stereocenters. The first kappa shape index (κ1) is 13.2. The van der Waals surface area contributed by atoms with Gasteiger partial charge in [0.2, 0.25) is 5.91 Å². The third-order valence-corrected chi connectivity index (χ3v) is 3.01. The van der Waals surface area contributed by atoms with Crippen LogP contribution in [0.1, 0.15) is 17.3 Å². The van der Waals surface area contributed by atoms with E-state index in [9.17, 15) is 9.59 Å². The van der Waals surface area contributed by atoms with E-state index < -0.39 is 0 Å². The van der Waals surface area contributed by atoms with Crippen LogP contribution in [0, 0.1) is 0 Å². The van der Waals surface area contributed by atoms with E-state index in [0.717, 1.165) is 5.69 Å². The average molecular weight is 262 g/mol. The van der Waals surface area contributed by atoms with Gasteiger partial charge < -0.3 is 21.3 Å². The van der Waals surface area contributed by atoms with E-state index in [0.29, 0.717) is 30.9 Å².